The number of rotatable bonds is 4. The highest BCUT2D eigenvalue weighted by molar-refractivity contribution is 14.1. The molecule has 3 atom stereocenters. The normalized spacial score (nSPS) is 15.8. The summed E-state index contributed by atoms with van der Waals surface area (Å²) in [6.45, 7) is 1.94. The lowest BCUT2D eigenvalue weighted by Gasteiger charge is -2.24. The second kappa shape index (κ2) is 6.43. The highest BCUT2D eigenvalue weighted by atomic mass is 127. The van der Waals surface area contributed by atoms with Gasteiger partial charge in [-0.05, 0) is 23.8 Å². The van der Waals surface area contributed by atoms with E-state index in [9.17, 15) is 9.50 Å². The Balaban J connectivity index is 2.20. The first kappa shape index (κ1) is 14.4. The van der Waals surface area contributed by atoms with Gasteiger partial charge in [-0.2, -0.15) is 0 Å². The zero-order valence-corrected chi connectivity index (χ0v) is 12.7. The van der Waals surface area contributed by atoms with Gasteiger partial charge in [0.25, 0.3) is 0 Å². The Hall–Kier alpha value is -1.01. The molecule has 0 aliphatic heterocycles. The number of nitrogens with zero attached hydrogens (tertiary/aromatic N) is 1. The summed E-state index contributed by atoms with van der Waals surface area (Å²) in [4.78, 5) is 3.96. The number of aromatic nitrogens is 1. The molecule has 4 heteroatoms. The number of hydrogen-bond donors (Lipinski definition) is 1. The molecule has 2 aromatic rings. The first-order valence-electron chi connectivity index (χ1n) is 6.07. The third kappa shape index (κ3) is 3.30. The number of halogens is 2. The Morgan fingerprint density at radius 1 is 1.16 bits per heavy atom. The van der Waals surface area contributed by atoms with Gasteiger partial charge in [0, 0.05) is 23.9 Å². The van der Waals surface area contributed by atoms with E-state index >= 15 is 0 Å². The van der Waals surface area contributed by atoms with Crippen LogP contribution in [0, 0.1) is 5.82 Å². The SMILES string of the molecule is CC(c1ccncc1)C(O)C(I)c1ccccc1F. The molecule has 2 nitrogen and oxygen atoms in total. The molecule has 1 N–H and O–H groups in total. The summed E-state index contributed by atoms with van der Waals surface area (Å²) in [5.41, 5.74) is 1.54. The van der Waals surface area contributed by atoms with Gasteiger partial charge in [-0.3, -0.25) is 4.98 Å². The summed E-state index contributed by atoms with van der Waals surface area (Å²) in [5.74, 6) is -0.354. The van der Waals surface area contributed by atoms with Gasteiger partial charge in [0.15, 0.2) is 0 Å². The summed E-state index contributed by atoms with van der Waals surface area (Å²) >= 11 is 2.10. The fraction of sp³-hybridized carbons (Fsp3) is 0.267. The molecule has 0 aliphatic rings. The fourth-order valence-corrected chi connectivity index (χ4v) is 3.13. The van der Waals surface area contributed by atoms with Crippen molar-refractivity contribution in [2.45, 2.75) is 22.9 Å². The molecule has 1 aromatic heterocycles. The number of pyridine rings is 1. The first-order valence-corrected chi connectivity index (χ1v) is 7.32. The van der Waals surface area contributed by atoms with Crippen molar-refractivity contribution >= 4 is 22.6 Å². The Labute approximate surface area is 125 Å². The fourth-order valence-electron chi connectivity index (χ4n) is 2.00. The maximum absolute atomic E-state index is 13.7. The molecule has 1 aromatic carbocycles. The monoisotopic (exact) mass is 371 g/mol. The molecule has 0 saturated carbocycles. The highest BCUT2D eigenvalue weighted by Gasteiger charge is 2.26. The van der Waals surface area contributed by atoms with Gasteiger partial charge in [-0.25, -0.2) is 4.39 Å². The molecule has 0 bridgehead atoms. The summed E-state index contributed by atoms with van der Waals surface area (Å²) in [6, 6.07) is 10.3. The van der Waals surface area contributed by atoms with Crippen molar-refractivity contribution in [1.29, 1.82) is 0 Å². The lowest BCUT2D eigenvalue weighted by molar-refractivity contribution is 0.150. The molecule has 100 valence electrons. The third-order valence-corrected chi connectivity index (χ3v) is 4.65. The van der Waals surface area contributed by atoms with Crippen molar-refractivity contribution in [3.63, 3.8) is 0 Å². The molecule has 1 heterocycles. The van der Waals surface area contributed by atoms with E-state index < -0.39 is 6.10 Å². The van der Waals surface area contributed by atoms with Gasteiger partial charge in [-0.1, -0.05) is 47.7 Å². The molecule has 0 saturated heterocycles. The van der Waals surface area contributed by atoms with Crippen LogP contribution in [0.2, 0.25) is 0 Å². The van der Waals surface area contributed by atoms with E-state index in [1.54, 1.807) is 30.6 Å². The van der Waals surface area contributed by atoms with Crippen molar-refractivity contribution in [2.75, 3.05) is 0 Å². The Bertz CT molecular complexity index is 535. The van der Waals surface area contributed by atoms with Gasteiger partial charge >= 0.3 is 0 Å². The van der Waals surface area contributed by atoms with Gasteiger partial charge in [0.1, 0.15) is 5.82 Å². The quantitative estimate of drug-likeness (QED) is 0.654. The lowest BCUT2D eigenvalue weighted by atomic mass is 9.92. The number of aliphatic hydroxyl groups is 1. The van der Waals surface area contributed by atoms with Crippen LogP contribution in [0.3, 0.4) is 0 Å². The molecule has 0 amide bonds. The number of hydrogen-bond acceptors (Lipinski definition) is 2. The summed E-state index contributed by atoms with van der Waals surface area (Å²) in [5, 5.41) is 10.4. The zero-order chi connectivity index (χ0) is 13.8. The minimum absolute atomic E-state index is 0.0792. The molecular weight excluding hydrogens is 356 g/mol. The second-order valence-corrected chi connectivity index (χ2v) is 5.83. The number of aliphatic hydroxyl groups excluding tert-OH is 1. The molecule has 0 spiro atoms. The Kier molecular flexibility index (Phi) is 4.87. The van der Waals surface area contributed by atoms with Crippen molar-refractivity contribution < 1.29 is 9.50 Å². The van der Waals surface area contributed by atoms with Crippen LogP contribution in [0.1, 0.15) is 27.9 Å². The molecule has 2 rings (SSSR count). The molecule has 0 fully saturated rings. The summed E-state index contributed by atoms with van der Waals surface area (Å²) in [6.07, 6.45) is 2.74. The maximum atomic E-state index is 13.7. The number of benzene rings is 1. The summed E-state index contributed by atoms with van der Waals surface area (Å²) in [7, 11) is 0. The Morgan fingerprint density at radius 3 is 2.42 bits per heavy atom. The van der Waals surface area contributed by atoms with Crippen molar-refractivity contribution in [1.82, 2.24) is 4.98 Å². The molecule has 19 heavy (non-hydrogen) atoms. The van der Waals surface area contributed by atoms with Crippen LogP contribution in [0.15, 0.2) is 48.8 Å². The maximum Gasteiger partial charge on any atom is 0.127 e. The van der Waals surface area contributed by atoms with Gasteiger partial charge in [0.2, 0.25) is 0 Å². The van der Waals surface area contributed by atoms with E-state index in [-0.39, 0.29) is 15.7 Å². The van der Waals surface area contributed by atoms with E-state index in [0.717, 1.165) is 5.56 Å². The van der Waals surface area contributed by atoms with Crippen molar-refractivity contribution in [3.8, 4) is 0 Å². The minimum Gasteiger partial charge on any atom is -0.391 e. The van der Waals surface area contributed by atoms with Crippen molar-refractivity contribution in [2.24, 2.45) is 0 Å². The zero-order valence-electron chi connectivity index (χ0n) is 10.5. The van der Waals surface area contributed by atoms with Gasteiger partial charge in [-0.15, -0.1) is 0 Å². The van der Waals surface area contributed by atoms with Crippen LogP contribution in [0.4, 0.5) is 4.39 Å². The topological polar surface area (TPSA) is 33.1 Å². The van der Waals surface area contributed by atoms with E-state index in [2.05, 4.69) is 27.6 Å². The second-order valence-electron chi connectivity index (χ2n) is 4.48. The molecule has 3 unspecified atom stereocenters. The van der Waals surface area contributed by atoms with Crippen LogP contribution in [-0.2, 0) is 0 Å². The van der Waals surface area contributed by atoms with E-state index in [1.807, 2.05) is 19.1 Å². The van der Waals surface area contributed by atoms with Crippen LogP contribution < -0.4 is 0 Å². The average molecular weight is 371 g/mol. The van der Waals surface area contributed by atoms with Crippen molar-refractivity contribution in [3.05, 3.63) is 65.7 Å². The lowest BCUT2D eigenvalue weighted by Crippen LogP contribution is -2.21. The smallest absolute Gasteiger partial charge is 0.127 e. The minimum atomic E-state index is -0.653. The molecular formula is C15H15FINO. The van der Waals surface area contributed by atoms with E-state index in [4.69, 9.17) is 0 Å². The molecule has 0 aliphatic carbocycles. The Morgan fingerprint density at radius 2 is 1.79 bits per heavy atom. The van der Waals surface area contributed by atoms with E-state index in [1.165, 1.54) is 6.07 Å². The highest BCUT2D eigenvalue weighted by Crippen LogP contribution is 2.35. The number of alkyl halides is 1. The van der Waals surface area contributed by atoms with E-state index in [0.29, 0.717) is 5.56 Å². The predicted octanol–water partition coefficient (Wildman–Crippen LogP) is 3.86. The largest absolute Gasteiger partial charge is 0.391 e. The first-order chi connectivity index (χ1) is 9.11. The third-order valence-electron chi connectivity index (χ3n) is 3.25. The van der Waals surface area contributed by atoms with Gasteiger partial charge in [0.05, 0.1) is 10.0 Å². The van der Waals surface area contributed by atoms with Crippen LogP contribution >= 0.6 is 22.6 Å². The molecule has 0 radical (unpaired) electrons. The van der Waals surface area contributed by atoms with Crippen LogP contribution in [0.5, 0.6) is 0 Å². The van der Waals surface area contributed by atoms with Crippen LogP contribution in [-0.4, -0.2) is 16.2 Å². The van der Waals surface area contributed by atoms with Crippen LogP contribution in [0.25, 0.3) is 0 Å². The van der Waals surface area contributed by atoms with Gasteiger partial charge < -0.3 is 5.11 Å². The predicted molar refractivity (Wildman–Crippen MR) is 81.8 cm³/mol. The summed E-state index contributed by atoms with van der Waals surface area (Å²) < 4.78 is 13.5. The standard InChI is InChI=1S/C15H15FINO/c1-10(11-6-8-18-9-7-11)15(19)14(17)12-4-2-3-5-13(12)16/h2-10,14-15,19H,1H3. The average Bonchev–Trinajstić information content (AvgIpc) is 2.46.